The van der Waals surface area contributed by atoms with Gasteiger partial charge in [0, 0.05) is 55.1 Å². The van der Waals surface area contributed by atoms with Crippen molar-refractivity contribution in [3.05, 3.63) is 52.2 Å². The predicted octanol–water partition coefficient (Wildman–Crippen LogP) is 3.40. The number of urea groups is 1. The summed E-state index contributed by atoms with van der Waals surface area (Å²) in [7, 11) is 0. The second-order valence-corrected chi connectivity index (χ2v) is 14.2. The number of aromatic nitrogens is 2. The number of hydrogen-bond acceptors (Lipinski definition) is 7. The molecular weight excluding hydrogens is 574 g/mol. The number of benzene rings is 1. The van der Waals surface area contributed by atoms with Crippen molar-refractivity contribution in [2.24, 2.45) is 16.5 Å². The van der Waals surface area contributed by atoms with Gasteiger partial charge in [0.05, 0.1) is 5.56 Å². The highest BCUT2D eigenvalue weighted by atomic mass is 32.2. The first-order valence-electron chi connectivity index (χ1n) is 15.4. The lowest BCUT2D eigenvalue weighted by atomic mass is 9.95. The molecule has 12 heteroatoms. The second-order valence-electron chi connectivity index (χ2n) is 13.2. The molecule has 44 heavy (non-hydrogen) atoms. The fourth-order valence-electron chi connectivity index (χ4n) is 4.59. The lowest BCUT2D eigenvalue weighted by molar-refractivity contribution is 0.190. The molecule has 1 aliphatic rings. The molecule has 11 nitrogen and oxygen atoms in total. The Balaban J connectivity index is 0.000000329. The fraction of sp³-hybridized carbons (Fsp3) is 0.625. The van der Waals surface area contributed by atoms with Crippen LogP contribution in [0.3, 0.4) is 0 Å². The van der Waals surface area contributed by atoms with E-state index in [4.69, 9.17) is 11.5 Å². The third kappa shape index (κ3) is 14.6. The minimum absolute atomic E-state index is 0.0424. The molecule has 1 aromatic carbocycles. The lowest BCUT2D eigenvalue weighted by Gasteiger charge is -2.33. The summed E-state index contributed by atoms with van der Waals surface area (Å²) in [6, 6.07) is 8.16. The van der Waals surface area contributed by atoms with Gasteiger partial charge in [-0.15, -0.1) is 0 Å². The molecule has 2 aromatic rings. The Hall–Kier alpha value is -3.09. The van der Waals surface area contributed by atoms with E-state index in [0.29, 0.717) is 24.0 Å². The molecule has 0 aliphatic carbocycles. The van der Waals surface area contributed by atoms with Crippen LogP contribution in [0.15, 0.2) is 40.2 Å². The summed E-state index contributed by atoms with van der Waals surface area (Å²) in [6.45, 7) is 17.5. The van der Waals surface area contributed by atoms with E-state index >= 15 is 0 Å². The Morgan fingerprint density at radius 1 is 1.16 bits per heavy atom. The monoisotopic (exact) mass is 629 g/mol. The maximum Gasteiger partial charge on any atom is 0.315 e. The van der Waals surface area contributed by atoms with Gasteiger partial charge in [-0.25, -0.2) is 9.78 Å². The quantitative estimate of drug-likeness (QED) is 0.125. The molecular formula is C32H55N9O2S. The van der Waals surface area contributed by atoms with Crippen LogP contribution in [0.1, 0.15) is 72.2 Å². The van der Waals surface area contributed by atoms with Crippen LogP contribution in [-0.2, 0) is 12.0 Å². The summed E-state index contributed by atoms with van der Waals surface area (Å²) in [6.07, 6.45) is 6.92. The van der Waals surface area contributed by atoms with Crippen molar-refractivity contribution in [1.29, 1.82) is 0 Å². The number of carbonyl (C=O) groups is 1. The van der Waals surface area contributed by atoms with E-state index in [9.17, 15) is 9.59 Å². The number of hydrogen-bond donors (Lipinski definition) is 6. The average Bonchev–Trinajstić information content (AvgIpc) is 2.93. The molecule has 0 radical (unpaired) electrons. The van der Waals surface area contributed by atoms with E-state index in [-0.39, 0.29) is 28.5 Å². The minimum Gasteiger partial charge on any atom is -0.370 e. The number of nitrogens with zero attached hydrogens (tertiary/aromatic N) is 3. The number of likely N-dealkylation sites (tertiary alicyclic amines) is 1. The van der Waals surface area contributed by atoms with E-state index in [1.54, 1.807) is 6.20 Å². The molecule has 8 N–H and O–H groups in total. The molecule has 0 spiro atoms. The van der Waals surface area contributed by atoms with Crippen molar-refractivity contribution in [1.82, 2.24) is 30.8 Å². The minimum atomic E-state index is -0.186. The third-order valence-electron chi connectivity index (χ3n) is 6.85. The molecule has 0 saturated carbocycles. The highest BCUT2D eigenvalue weighted by molar-refractivity contribution is 7.98. The summed E-state index contributed by atoms with van der Waals surface area (Å²) < 4.78 is 0. The van der Waals surface area contributed by atoms with Crippen molar-refractivity contribution in [2.45, 2.75) is 84.3 Å². The second kappa shape index (κ2) is 18.0. The molecule has 246 valence electrons. The Morgan fingerprint density at radius 3 is 2.45 bits per heavy atom. The number of carbonyl (C=O) groups excluding carboxylic acids is 1. The largest absolute Gasteiger partial charge is 0.370 e. The zero-order valence-corrected chi connectivity index (χ0v) is 28.6. The van der Waals surface area contributed by atoms with Gasteiger partial charge in [-0.3, -0.25) is 9.79 Å². The van der Waals surface area contributed by atoms with Crippen molar-refractivity contribution in [2.75, 3.05) is 44.7 Å². The summed E-state index contributed by atoms with van der Waals surface area (Å²) >= 11 is 1.88. The molecule has 3 rings (SSSR count). The van der Waals surface area contributed by atoms with Crippen LogP contribution in [0.4, 0.5) is 4.79 Å². The summed E-state index contributed by atoms with van der Waals surface area (Å²) in [5.41, 5.74) is 12.7. The van der Waals surface area contributed by atoms with Gasteiger partial charge < -0.3 is 37.3 Å². The average molecular weight is 630 g/mol. The number of rotatable bonds is 11. The highest BCUT2D eigenvalue weighted by Crippen LogP contribution is 2.19. The van der Waals surface area contributed by atoms with Crippen LogP contribution in [0.5, 0.6) is 0 Å². The summed E-state index contributed by atoms with van der Waals surface area (Å²) in [5.74, 6) is 1.98. The first-order chi connectivity index (χ1) is 20.7. The molecule has 1 atom stereocenters. The first-order valence-corrected chi connectivity index (χ1v) is 16.8. The van der Waals surface area contributed by atoms with Crippen molar-refractivity contribution >= 4 is 23.8 Å². The lowest BCUT2D eigenvalue weighted by Crippen LogP contribution is -2.54. The van der Waals surface area contributed by atoms with E-state index in [1.807, 2.05) is 77.6 Å². The molecule has 1 aliphatic heterocycles. The Bertz CT molecular complexity index is 1230. The zero-order chi connectivity index (χ0) is 32.8. The number of aromatic amines is 1. The van der Waals surface area contributed by atoms with Gasteiger partial charge in [-0.1, -0.05) is 45.0 Å². The normalized spacial score (nSPS) is 15.6. The van der Waals surface area contributed by atoms with Crippen LogP contribution in [-0.4, -0.2) is 83.2 Å². The SMILES string of the molecule is CC(C)(C)c1ncc(-c2ccc(CNCCCN=C(N)N)cc2)c(=O)[nH]1.CSCCN1CCCC(NC(=O)NC(C)(C)C)C1. The van der Waals surface area contributed by atoms with Gasteiger partial charge in [0.1, 0.15) is 5.82 Å². The van der Waals surface area contributed by atoms with Gasteiger partial charge >= 0.3 is 6.03 Å². The van der Waals surface area contributed by atoms with Gasteiger partial charge in [-0.05, 0) is 70.5 Å². The summed E-state index contributed by atoms with van der Waals surface area (Å²) in [5, 5.41) is 9.37. The Labute approximate surface area is 267 Å². The molecule has 1 unspecified atom stereocenters. The zero-order valence-electron chi connectivity index (χ0n) is 27.8. The standard InChI is InChI=1S/C19H28N6O.C13H27N3OS/c1-19(2,3)17-24-12-15(16(26)25-17)14-7-5-13(6-8-14)11-22-9-4-10-23-18(20)21;1-13(2,3)15-12(17)14-11-6-5-7-16(10-11)8-9-18-4/h5-8,12,22H,4,9-11H2,1-3H3,(H4,20,21,23)(H,24,25,26);11H,5-10H2,1-4H3,(H2,14,15,17). The third-order valence-corrected chi connectivity index (χ3v) is 7.44. The van der Waals surface area contributed by atoms with Gasteiger partial charge in [-0.2, -0.15) is 11.8 Å². The number of H-pyrrole nitrogens is 1. The van der Waals surface area contributed by atoms with E-state index in [0.717, 1.165) is 50.1 Å². The maximum absolute atomic E-state index is 12.4. The van der Waals surface area contributed by atoms with Gasteiger partial charge in [0.2, 0.25) is 0 Å². The number of aliphatic imine (C=N–C) groups is 1. The molecule has 1 fully saturated rings. The fourth-order valence-corrected chi connectivity index (χ4v) is 5.03. The molecule has 2 amide bonds. The first kappa shape index (κ1) is 37.1. The Morgan fingerprint density at radius 2 is 1.86 bits per heavy atom. The van der Waals surface area contributed by atoms with Crippen LogP contribution in [0.25, 0.3) is 11.1 Å². The molecule has 2 heterocycles. The highest BCUT2D eigenvalue weighted by Gasteiger charge is 2.22. The molecule has 1 aromatic heterocycles. The summed E-state index contributed by atoms with van der Waals surface area (Å²) in [4.78, 5) is 37.8. The maximum atomic E-state index is 12.4. The van der Waals surface area contributed by atoms with Crippen LogP contribution in [0, 0.1) is 0 Å². The number of thioether (sulfide) groups is 1. The topological polar surface area (TPSA) is 167 Å². The smallest absolute Gasteiger partial charge is 0.315 e. The van der Waals surface area contributed by atoms with E-state index in [1.165, 1.54) is 18.7 Å². The number of piperidine rings is 1. The van der Waals surface area contributed by atoms with Crippen molar-refractivity contribution in [3.63, 3.8) is 0 Å². The van der Waals surface area contributed by atoms with Gasteiger partial charge in [0.25, 0.3) is 5.56 Å². The predicted molar refractivity (Wildman–Crippen MR) is 185 cm³/mol. The number of nitrogens with one attached hydrogen (secondary N) is 4. The number of amides is 2. The molecule has 1 saturated heterocycles. The Kier molecular flexibility index (Phi) is 15.2. The van der Waals surface area contributed by atoms with Gasteiger partial charge in [0.15, 0.2) is 5.96 Å². The van der Waals surface area contributed by atoms with Crippen LogP contribution < -0.4 is 33.0 Å². The van der Waals surface area contributed by atoms with Crippen molar-refractivity contribution < 1.29 is 4.79 Å². The van der Waals surface area contributed by atoms with Crippen molar-refractivity contribution in [3.8, 4) is 11.1 Å². The van der Waals surface area contributed by atoms with E-state index < -0.39 is 0 Å². The van der Waals surface area contributed by atoms with Crippen LogP contribution >= 0.6 is 11.8 Å². The molecule has 0 bridgehead atoms. The number of nitrogens with two attached hydrogens (primary N) is 2. The van der Waals surface area contributed by atoms with E-state index in [2.05, 4.69) is 42.1 Å². The van der Waals surface area contributed by atoms with Crippen LogP contribution in [0.2, 0.25) is 0 Å². The number of guanidine groups is 1.